The van der Waals surface area contributed by atoms with Crippen LogP contribution >= 0.6 is 0 Å². The van der Waals surface area contributed by atoms with Crippen LogP contribution in [-0.4, -0.2) is 40.3 Å². The van der Waals surface area contributed by atoms with Gasteiger partial charge in [0.1, 0.15) is 0 Å². The molecule has 0 saturated heterocycles. The predicted octanol–water partition coefficient (Wildman–Crippen LogP) is 2.51. The van der Waals surface area contributed by atoms with Crippen LogP contribution in [0, 0.1) is 0 Å². The molecule has 1 rings (SSSR count). The zero-order valence-corrected chi connectivity index (χ0v) is 12.1. The van der Waals surface area contributed by atoms with E-state index in [0.29, 0.717) is 31.3 Å². The van der Waals surface area contributed by atoms with Crippen LogP contribution in [0.4, 0.5) is 5.69 Å². The van der Waals surface area contributed by atoms with Crippen molar-refractivity contribution in [3.05, 3.63) is 18.2 Å². The van der Waals surface area contributed by atoms with Gasteiger partial charge in [-0.2, -0.15) is 0 Å². The first-order valence-electron chi connectivity index (χ1n) is 6.44. The number of methoxy groups -OCH3 is 2. The third-order valence-corrected chi connectivity index (χ3v) is 2.56. The van der Waals surface area contributed by atoms with Gasteiger partial charge in [0, 0.05) is 25.0 Å². The van der Waals surface area contributed by atoms with Gasteiger partial charge in [-0.15, -0.1) is 0 Å². The third-order valence-electron chi connectivity index (χ3n) is 2.56. The van der Waals surface area contributed by atoms with E-state index in [2.05, 4.69) is 5.32 Å². The lowest BCUT2D eigenvalue weighted by Gasteiger charge is -2.18. The van der Waals surface area contributed by atoms with Crippen molar-refractivity contribution in [2.24, 2.45) is 0 Å². The largest absolute Gasteiger partial charge is 0.493 e. The van der Waals surface area contributed by atoms with E-state index in [4.69, 9.17) is 18.9 Å². The lowest BCUT2D eigenvalue weighted by atomic mass is 10.2. The van der Waals surface area contributed by atoms with Crippen LogP contribution in [0.2, 0.25) is 0 Å². The number of ether oxygens (including phenoxy) is 4. The van der Waals surface area contributed by atoms with Crippen molar-refractivity contribution in [1.29, 1.82) is 0 Å². The topological polar surface area (TPSA) is 49.0 Å². The molecule has 0 heterocycles. The Morgan fingerprint density at radius 2 is 1.63 bits per heavy atom. The molecule has 0 aromatic heterocycles. The predicted molar refractivity (Wildman–Crippen MR) is 75.1 cm³/mol. The summed E-state index contributed by atoms with van der Waals surface area (Å²) >= 11 is 0. The van der Waals surface area contributed by atoms with Crippen molar-refractivity contribution in [2.75, 3.05) is 39.3 Å². The van der Waals surface area contributed by atoms with Gasteiger partial charge in [-0.05, 0) is 26.0 Å². The van der Waals surface area contributed by atoms with Gasteiger partial charge in [-0.25, -0.2) is 0 Å². The fourth-order valence-corrected chi connectivity index (χ4v) is 1.69. The van der Waals surface area contributed by atoms with Crippen LogP contribution in [-0.2, 0) is 9.47 Å². The Bertz CT molecular complexity index is 364. The minimum absolute atomic E-state index is 0.247. The van der Waals surface area contributed by atoms with E-state index in [0.717, 1.165) is 5.69 Å². The average Bonchev–Trinajstić information content (AvgIpc) is 2.44. The van der Waals surface area contributed by atoms with Crippen molar-refractivity contribution >= 4 is 5.69 Å². The van der Waals surface area contributed by atoms with E-state index in [1.54, 1.807) is 14.2 Å². The quantitative estimate of drug-likeness (QED) is 0.698. The van der Waals surface area contributed by atoms with Crippen molar-refractivity contribution in [3.63, 3.8) is 0 Å². The summed E-state index contributed by atoms with van der Waals surface area (Å²) in [5, 5.41) is 3.25. The molecule has 0 amide bonds. The molecule has 0 radical (unpaired) electrons. The van der Waals surface area contributed by atoms with E-state index >= 15 is 0 Å². The van der Waals surface area contributed by atoms with Crippen molar-refractivity contribution in [2.45, 2.75) is 20.1 Å². The number of rotatable bonds is 9. The summed E-state index contributed by atoms with van der Waals surface area (Å²) in [6, 6.07) is 5.67. The molecule has 108 valence electrons. The Hall–Kier alpha value is -1.46. The maximum absolute atomic E-state index is 5.46. The molecule has 0 aliphatic rings. The molecular formula is C14H23NO4. The number of hydrogen-bond donors (Lipinski definition) is 1. The summed E-state index contributed by atoms with van der Waals surface area (Å²) in [5.74, 6) is 1.40. The van der Waals surface area contributed by atoms with Gasteiger partial charge < -0.3 is 24.3 Å². The van der Waals surface area contributed by atoms with E-state index in [-0.39, 0.29) is 6.29 Å². The highest BCUT2D eigenvalue weighted by Gasteiger charge is 2.09. The Kier molecular flexibility index (Phi) is 7.07. The Balaban J connectivity index is 2.60. The number of anilines is 1. The molecule has 0 fully saturated rings. The van der Waals surface area contributed by atoms with Gasteiger partial charge in [0.25, 0.3) is 0 Å². The molecule has 1 N–H and O–H groups in total. The molecule has 5 heteroatoms. The normalized spacial score (nSPS) is 10.6. The average molecular weight is 269 g/mol. The van der Waals surface area contributed by atoms with E-state index < -0.39 is 0 Å². The van der Waals surface area contributed by atoms with Crippen LogP contribution in [0.3, 0.4) is 0 Å². The molecule has 0 aliphatic heterocycles. The molecule has 0 saturated carbocycles. The first-order valence-corrected chi connectivity index (χ1v) is 6.44. The number of hydrogen-bond acceptors (Lipinski definition) is 5. The zero-order valence-electron chi connectivity index (χ0n) is 12.1. The number of nitrogens with one attached hydrogen (secondary N) is 1. The summed E-state index contributed by atoms with van der Waals surface area (Å²) in [4.78, 5) is 0. The Morgan fingerprint density at radius 3 is 2.16 bits per heavy atom. The van der Waals surface area contributed by atoms with Crippen LogP contribution < -0.4 is 14.8 Å². The summed E-state index contributed by atoms with van der Waals surface area (Å²) in [6.45, 7) is 5.72. The van der Waals surface area contributed by atoms with Gasteiger partial charge >= 0.3 is 0 Å². The summed E-state index contributed by atoms with van der Waals surface area (Å²) < 4.78 is 21.4. The highest BCUT2D eigenvalue weighted by Crippen LogP contribution is 2.29. The molecule has 0 atom stereocenters. The van der Waals surface area contributed by atoms with Crippen LogP contribution in [0.25, 0.3) is 0 Å². The maximum atomic E-state index is 5.46. The number of benzene rings is 1. The lowest BCUT2D eigenvalue weighted by molar-refractivity contribution is -0.126. The van der Waals surface area contributed by atoms with Crippen molar-refractivity contribution < 1.29 is 18.9 Å². The molecule has 0 unspecified atom stereocenters. The SMILES string of the molecule is CCOC(CNc1ccc(OC)c(OC)c1)OCC. The van der Waals surface area contributed by atoms with Gasteiger partial charge in [0.05, 0.1) is 20.8 Å². The van der Waals surface area contributed by atoms with E-state index in [9.17, 15) is 0 Å². The minimum atomic E-state index is -0.247. The van der Waals surface area contributed by atoms with Crippen LogP contribution in [0.5, 0.6) is 11.5 Å². The summed E-state index contributed by atoms with van der Waals surface area (Å²) in [5.41, 5.74) is 0.932. The lowest BCUT2D eigenvalue weighted by Crippen LogP contribution is -2.26. The first-order chi connectivity index (χ1) is 9.24. The van der Waals surface area contributed by atoms with Gasteiger partial charge in [0.2, 0.25) is 0 Å². The minimum Gasteiger partial charge on any atom is -0.493 e. The van der Waals surface area contributed by atoms with Gasteiger partial charge in [0.15, 0.2) is 17.8 Å². The van der Waals surface area contributed by atoms with Crippen LogP contribution in [0.1, 0.15) is 13.8 Å². The molecule has 19 heavy (non-hydrogen) atoms. The molecule has 1 aromatic rings. The zero-order chi connectivity index (χ0) is 14.1. The second kappa shape index (κ2) is 8.61. The fourth-order valence-electron chi connectivity index (χ4n) is 1.69. The van der Waals surface area contributed by atoms with Crippen LogP contribution in [0.15, 0.2) is 18.2 Å². The van der Waals surface area contributed by atoms with E-state index in [1.807, 2.05) is 32.0 Å². The van der Waals surface area contributed by atoms with E-state index in [1.165, 1.54) is 0 Å². The smallest absolute Gasteiger partial charge is 0.174 e. The van der Waals surface area contributed by atoms with Gasteiger partial charge in [-0.3, -0.25) is 0 Å². The highest BCUT2D eigenvalue weighted by atomic mass is 16.7. The van der Waals surface area contributed by atoms with Gasteiger partial charge in [-0.1, -0.05) is 0 Å². The van der Waals surface area contributed by atoms with Crippen molar-refractivity contribution in [3.8, 4) is 11.5 Å². The molecule has 1 aromatic carbocycles. The molecule has 0 spiro atoms. The highest BCUT2D eigenvalue weighted by molar-refractivity contribution is 5.54. The summed E-state index contributed by atoms with van der Waals surface area (Å²) in [6.07, 6.45) is -0.247. The first kappa shape index (κ1) is 15.6. The second-order valence-corrected chi connectivity index (χ2v) is 3.79. The maximum Gasteiger partial charge on any atom is 0.174 e. The Morgan fingerprint density at radius 1 is 1.00 bits per heavy atom. The summed E-state index contributed by atoms with van der Waals surface area (Å²) in [7, 11) is 3.23. The molecular weight excluding hydrogens is 246 g/mol. The monoisotopic (exact) mass is 269 g/mol. The Labute approximate surface area is 114 Å². The molecule has 5 nitrogen and oxygen atoms in total. The fraction of sp³-hybridized carbons (Fsp3) is 0.571. The second-order valence-electron chi connectivity index (χ2n) is 3.79. The standard InChI is InChI=1S/C14H23NO4/c1-5-18-14(19-6-2)10-15-11-7-8-12(16-3)13(9-11)17-4/h7-9,14-15H,5-6,10H2,1-4H3. The molecule has 0 aliphatic carbocycles. The van der Waals surface area contributed by atoms with Crippen molar-refractivity contribution in [1.82, 2.24) is 0 Å². The molecule has 0 bridgehead atoms. The third kappa shape index (κ3) is 4.96.